The summed E-state index contributed by atoms with van der Waals surface area (Å²) >= 11 is 1.79. The highest BCUT2D eigenvalue weighted by Gasteiger charge is 2.21. The van der Waals surface area contributed by atoms with Crippen LogP contribution in [0.4, 0.5) is 0 Å². The topological polar surface area (TPSA) is 58.5 Å². The number of aliphatic imine (C=N–C) groups is 1. The number of pyridine rings is 1. The van der Waals surface area contributed by atoms with E-state index in [0.29, 0.717) is 19.0 Å². The Labute approximate surface area is 177 Å². The average Bonchev–Trinajstić information content (AvgIpc) is 3.16. The summed E-state index contributed by atoms with van der Waals surface area (Å²) in [5.41, 5.74) is 1.15. The molecule has 0 bridgehead atoms. The number of aromatic nitrogens is 1. The van der Waals surface area contributed by atoms with Gasteiger partial charge in [0.1, 0.15) is 0 Å². The first-order valence-corrected chi connectivity index (χ1v) is 9.49. The van der Waals surface area contributed by atoms with E-state index in [1.54, 1.807) is 18.4 Å². The number of guanidine groups is 1. The van der Waals surface area contributed by atoms with Crippen LogP contribution in [-0.2, 0) is 12.0 Å². The van der Waals surface area contributed by atoms with Gasteiger partial charge in [0.05, 0.1) is 6.61 Å². The molecule has 0 aliphatic rings. The van der Waals surface area contributed by atoms with Crippen LogP contribution in [0.2, 0.25) is 0 Å². The fourth-order valence-electron chi connectivity index (χ4n) is 2.27. The van der Waals surface area contributed by atoms with Gasteiger partial charge in [0.15, 0.2) is 5.96 Å². The van der Waals surface area contributed by atoms with Crippen molar-refractivity contribution >= 4 is 41.3 Å². The largest absolute Gasteiger partial charge is 0.478 e. The van der Waals surface area contributed by atoms with Gasteiger partial charge in [-0.15, -0.1) is 35.3 Å². The van der Waals surface area contributed by atoms with Crippen LogP contribution in [0.15, 0.2) is 40.8 Å². The molecule has 0 aromatic carbocycles. The lowest BCUT2D eigenvalue weighted by Gasteiger charge is -2.25. The zero-order valence-electron chi connectivity index (χ0n) is 15.9. The van der Waals surface area contributed by atoms with Crippen molar-refractivity contribution in [2.24, 2.45) is 4.99 Å². The van der Waals surface area contributed by atoms with Crippen LogP contribution in [0.25, 0.3) is 0 Å². The molecular weight excluding hydrogens is 459 g/mol. The Morgan fingerprint density at radius 3 is 2.65 bits per heavy atom. The lowest BCUT2D eigenvalue weighted by molar-refractivity contribution is 0.305. The maximum absolute atomic E-state index is 5.50. The zero-order valence-corrected chi connectivity index (χ0v) is 19.1. The summed E-state index contributed by atoms with van der Waals surface area (Å²) in [4.78, 5) is 9.98. The first-order valence-electron chi connectivity index (χ1n) is 8.61. The van der Waals surface area contributed by atoms with E-state index in [1.165, 1.54) is 4.88 Å². The number of nitrogens with zero attached hydrogens (tertiary/aromatic N) is 2. The van der Waals surface area contributed by atoms with E-state index in [0.717, 1.165) is 24.5 Å². The van der Waals surface area contributed by atoms with Crippen molar-refractivity contribution in [3.8, 4) is 5.88 Å². The van der Waals surface area contributed by atoms with Crippen molar-refractivity contribution in [3.63, 3.8) is 0 Å². The molecule has 2 aromatic heterocycles. The molecular formula is C19H29IN4OS. The third-order valence-electron chi connectivity index (χ3n) is 3.82. The third-order valence-corrected chi connectivity index (χ3v) is 5.06. The summed E-state index contributed by atoms with van der Waals surface area (Å²) in [6.45, 7) is 8.73. The van der Waals surface area contributed by atoms with Crippen LogP contribution in [0.5, 0.6) is 5.88 Å². The Hall–Kier alpha value is -1.35. The minimum Gasteiger partial charge on any atom is -0.478 e. The first-order chi connectivity index (χ1) is 12.0. The molecule has 0 saturated heterocycles. The minimum absolute atomic E-state index is 0. The number of hydrogen-bond acceptors (Lipinski definition) is 4. The molecule has 2 rings (SSSR count). The van der Waals surface area contributed by atoms with Crippen molar-refractivity contribution in [1.29, 1.82) is 0 Å². The Morgan fingerprint density at radius 1 is 1.27 bits per heavy atom. The molecule has 0 unspecified atom stereocenters. The van der Waals surface area contributed by atoms with E-state index < -0.39 is 0 Å². The zero-order chi connectivity index (χ0) is 18.1. The fourth-order valence-corrected chi connectivity index (χ4v) is 3.12. The van der Waals surface area contributed by atoms with Gasteiger partial charge in [-0.1, -0.05) is 32.9 Å². The molecule has 0 spiro atoms. The van der Waals surface area contributed by atoms with Crippen LogP contribution in [0.3, 0.4) is 0 Å². The molecule has 0 atom stereocenters. The standard InChI is InChI=1S/C19H28N4OS.HI/c1-5-10-24-17-9-8-15(12-21-17)13-22-18(20-4)23-14-19(2,3)16-7-6-11-25-16;/h6-9,11-12H,5,10,13-14H2,1-4H3,(H2,20,22,23);1H. The second kappa shape index (κ2) is 11.4. The molecule has 0 fully saturated rings. The maximum Gasteiger partial charge on any atom is 0.213 e. The van der Waals surface area contributed by atoms with Gasteiger partial charge < -0.3 is 15.4 Å². The van der Waals surface area contributed by atoms with Gasteiger partial charge in [-0.05, 0) is 23.4 Å². The maximum atomic E-state index is 5.50. The lowest BCUT2D eigenvalue weighted by atomic mass is 9.91. The summed E-state index contributed by atoms with van der Waals surface area (Å²) < 4.78 is 5.50. The highest BCUT2D eigenvalue weighted by atomic mass is 127. The van der Waals surface area contributed by atoms with E-state index in [-0.39, 0.29) is 29.4 Å². The van der Waals surface area contributed by atoms with Gasteiger partial charge >= 0.3 is 0 Å². The highest BCUT2D eigenvalue weighted by Crippen LogP contribution is 2.26. The summed E-state index contributed by atoms with van der Waals surface area (Å²) in [6.07, 6.45) is 2.82. The molecule has 0 aliphatic carbocycles. The molecule has 2 heterocycles. The molecule has 5 nitrogen and oxygen atoms in total. The number of hydrogen-bond donors (Lipinski definition) is 2. The SMILES string of the molecule is CCCOc1ccc(CNC(=NC)NCC(C)(C)c2cccs2)cn1.I. The second-order valence-corrected chi connectivity index (χ2v) is 7.44. The lowest BCUT2D eigenvalue weighted by Crippen LogP contribution is -2.42. The molecule has 2 aromatic rings. The Bertz CT molecular complexity index is 657. The predicted molar refractivity (Wildman–Crippen MR) is 121 cm³/mol. The third kappa shape index (κ3) is 7.11. The van der Waals surface area contributed by atoms with Crippen molar-refractivity contribution in [2.45, 2.75) is 39.2 Å². The first kappa shape index (κ1) is 22.7. The summed E-state index contributed by atoms with van der Waals surface area (Å²) in [5, 5.41) is 8.85. The van der Waals surface area contributed by atoms with E-state index in [2.05, 4.69) is 58.9 Å². The normalized spacial score (nSPS) is 11.6. The number of rotatable bonds is 8. The molecule has 0 amide bonds. The van der Waals surface area contributed by atoms with Gasteiger partial charge in [-0.3, -0.25) is 4.99 Å². The Kier molecular flexibility index (Phi) is 9.93. The smallest absolute Gasteiger partial charge is 0.213 e. The van der Waals surface area contributed by atoms with Gasteiger partial charge in [-0.2, -0.15) is 0 Å². The number of halogens is 1. The average molecular weight is 488 g/mol. The van der Waals surface area contributed by atoms with Gasteiger partial charge in [0.2, 0.25) is 5.88 Å². The van der Waals surface area contributed by atoms with E-state index in [1.807, 2.05) is 18.3 Å². The monoisotopic (exact) mass is 488 g/mol. The molecule has 0 aliphatic heterocycles. The fraction of sp³-hybridized carbons (Fsp3) is 0.474. The molecule has 7 heteroatoms. The van der Waals surface area contributed by atoms with Crippen LogP contribution in [0.1, 0.15) is 37.6 Å². The minimum atomic E-state index is 0. The molecule has 0 saturated carbocycles. The Balaban J connectivity index is 0.00000338. The van der Waals surface area contributed by atoms with E-state index in [4.69, 9.17) is 4.74 Å². The van der Waals surface area contributed by atoms with Gasteiger partial charge in [-0.25, -0.2) is 4.98 Å². The van der Waals surface area contributed by atoms with E-state index in [9.17, 15) is 0 Å². The van der Waals surface area contributed by atoms with Crippen LogP contribution in [0, 0.1) is 0 Å². The second-order valence-electron chi connectivity index (χ2n) is 6.49. The molecule has 0 radical (unpaired) electrons. The highest BCUT2D eigenvalue weighted by molar-refractivity contribution is 14.0. The summed E-state index contributed by atoms with van der Waals surface area (Å²) in [6, 6.07) is 8.20. The number of thiophene rings is 1. The molecule has 26 heavy (non-hydrogen) atoms. The summed E-state index contributed by atoms with van der Waals surface area (Å²) in [5.74, 6) is 1.46. The van der Waals surface area contributed by atoms with Gasteiger partial charge in [0, 0.05) is 42.7 Å². The van der Waals surface area contributed by atoms with Gasteiger partial charge in [0.25, 0.3) is 0 Å². The Morgan fingerprint density at radius 2 is 2.08 bits per heavy atom. The van der Waals surface area contributed by atoms with Crippen LogP contribution in [-0.4, -0.2) is 31.1 Å². The van der Waals surface area contributed by atoms with Crippen LogP contribution < -0.4 is 15.4 Å². The summed E-state index contributed by atoms with van der Waals surface area (Å²) in [7, 11) is 1.79. The number of nitrogens with one attached hydrogen (secondary N) is 2. The number of ether oxygens (including phenoxy) is 1. The molecule has 2 N–H and O–H groups in total. The van der Waals surface area contributed by atoms with E-state index >= 15 is 0 Å². The molecule has 144 valence electrons. The van der Waals surface area contributed by atoms with Crippen molar-refractivity contribution < 1.29 is 4.74 Å². The van der Waals surface area contributed by atoms with Crippen molar-refractivity contribution in [3.05, 3.63) is 46.3 Å². The quantitative estimate of drug-likeness (QED) is 0.333. The van der Waals surface area contributed by atoms with Crippen molar-refractivity contribution in [2.75, 3.05) is 20.2 Å². The predicted octanol–water partition coefficient (Wildman–Crippen LogP) is 4.19. The van der Waals surface area contributed by atoms with Crippen molar-refractivity contribution in [1.82, 2.24) is 15.6 Å². The van der Waals surface area contributed by atoms with Crippen LogP contribution >= 0.6 is 35.3 Å².